The number of rotatable bonds is 6. The number of likely N-dealkylation sites (N-methyl/N-ethyl adjacent to an activating group) is 1. The fourth-order valence-electron chi connectivity index (χ4n) is 1.25. The summed E-state index contributed by atoms with van der Waals surface area (Å²) in [4.78, 5) is 22.9. The highest BCUT2D eigenvalue weighted by Gasteiger charge is 2.16. The molecule has 0 saturated heterocycles. The number of aliphatic hydroxyl groups is 1. The van der Waals surface area contributed by atoms with Crippen molar-refractivity contribution in [3.63, 3.8) is 0 Å². The van der Waals surface area contributed by atoms with Crippen molar-refractivity contribution in [2.24, 2.45) is 0 Å². The summed E-state index contributed by atoms with van der Waals surface area (Å²) in [6.45, 7) is -0.256. The highest BCUT2D eigenvalue weighted by molar-refractivity contribution is 5.77. The van der Waals surface area contributed by atoms with Gasteiger partial charge in [0.25, 0.3) is 5.91 Å². The lowest BCUT2D eigenvalue weighted by atomic mass is 10.3. The zero-order valence-corrected chi connectivity index (χ0v) is 9.91. The molecule has 0 saturated carbocycles. The maximum atomic E-state index is 11.5. The number of hydrogen-bond donors (Lipinski definition) is 1. The Kier molecular flexibility index (Phi) is 5.06. The first-order valence-electron chi connectivity index (χ1n) is 5.27. The zero-order chi connectivity index (χ0) is 13.5. The minimum atomic E-state index is -0.572. The molecule has 0 aliphatic carbocycles. The van der Waals surface area contributed by atoms with Crippen LogP contribution in [-0.2, 0) is 4.79 Å². The fourth-order valence-corrected chi connectivity index (χ4v) is 1.25. The molecule has 7 nitrogen and oxygen atoms in total. The zero-order valence-electron chi connectivity index (χ0n) is 9.91. The van der Waals surface area contributed by atoms with Crippen LogP contribution in [0, 0.1) is 10.1 Å². The monoisotopic (exact) mass is 254 g/mol. The minimum absolute atomic E-state index is 0.0493. The SMILES string of the molecule is CN(CCO)C(=O)COc1ccccc1[N+](=O)[O-]. The number of ether oxygens (including phenoxy) is 1. The van der Waals surface area contributed by atoms with Crippen molar-refractivity contribution in [1.29, 1.82) is 0 Å². The summed E-state index contributed by atoms with van der Waals surface area (Å²) < 4.78 is 5.11. The molecule has 1 aromatic carbocycles. The molecule has 0 unspecified atom stereocenters. The van der Waals surface area contributed by atoms with Gasteiger partial charge in [-0.2, -0.15) is 0 Å². The second-order valence-electron chi connectivity index (χ2n) is 3.55. The number of carbonyl (C=O) groups is 1. The average molecular weight is 254 g/mol. The van der Waals surface area contributed by atoms with E-state index < -0.39 is 4.92 Å². The number of aliphatic hydroxyl groups excluding tert-OH is 1. The lowest BCUT2D eigenvalue weighted by Gasteiger charge is -2.15. The Balaban J connectivity index is 2.64. The molecule has 1 N–H and O–H groups in total. The van der Waals surface area contributed by atoms with Gasteiger partial charge in [-0.3, -0.25) is 14.9 Å². The number of para-hydroxylation sites is 2. The molecule has 98 valence electrons. The molecule has 1 amide bonds. The van der Waals surface area contributed by atoms with Crippen molar-refractivity contribution in [3.8, 4) is 5.75 Å². The molecule has 0 aliphatic rings. The number of nitro benzene ring substituents is 1. The van der Waals surface area contributed by atoms with Crippen LogP contribution < -0.4 is 4.74 Å². The van der Waals surface area contributed by atoms with Crippen molar-refractivity contribution in [2.45, 2.75) is 0 Å². The molecule has 0 atom stereocenters. The third kappa shape index (κ3) is 3.70. The largest absolute Gasteiger partial charge is 0.477 e. The van der Waals surface area contributed by atoms with E-state index in [9.17, 15) is 14.9 Å². The van der Waals surface area contributed by atoms with Gasteiger partial charge in [-0.1, -0.05) is 12.1 Å². The van der Waals surface area contributed by atoms with Gasteiger partial charge in [0.15, 0.2) is 12.4 Å². The number of carbonyl (C=O) groups excluding carboxylic acids is 1. The van der Waals surface area contributed by atoms with Crippen molar-refractivity contribution in [3.05, 3.63) is 34.4 Å². The number of nitrogens with zero attached hydrogens (tertiary/aromatic N) is 2. The topological polar surface area (TPSA) is 92.9 Å². The van der Waals surface area contributed by atoms with Crippen LogP contribution >= 0.6 is 0 Å². The number of amides is 1. The molecule has 1 aromatic rings. The van der Waals surface area contributed by atoms with Gasteiger partial charge in [-0.15, -0.1) is 0 Å². The second-order valence-corrected chi connectivity index (χ2v) is 3.55. The minimum Gasteiger partial charge on any atom is -0.477 e. The van der Waals surface area contributed by atoms with Gasteiger partial charge in [-0.25, -0.2) is 0 Å². The van der Waals surface area contributed by atoms with Gasteiger partial charge < -0.3 is 14.7 Å². The predicted molar refractivity (Wildman–Crippen MR) is 63.3 cm³/mol. The Morgan fingerprint density at radius 2 is 2.17 bits per heavy atom. The number of hydrogen-bond acceptors (Lipinski definition) is 5. The Labute approximate surface area is 104 Å². The van der Waals surface area contributed by atoms with Crippen LogP contribution in [0.5, 0.6) is 5.75 Å². The van der Waals surface area contributed by atoms with E-state index in [0.29, 0.717) is 0 Å². The van der Waals surface area contributed by atoms with Crippen LogP contribution in [0.25, 0.3) is 0 Å². The van der Waals surface area contributed by atoms with Crippen LogP contribution in [0.2, 0.25) is 0 Å². The van der Waals surface area contributed by atoms with Crippen molar-refractivity contribution in [2.75, 3.05) is 26.8 Å². The van der Waals surface area contributed by atoms with Gasteiger partial charge in [0.2, 0.25) is 0 Å². The smallest absolute Gasteiger partial charge is 0.310 e. The molecule has 0 spiro atoms. The van der Waals surface area contributed by atoms with E-state index in [0.717, 1.165) is 0 Å². The normalized spacial score (nSPS) is 9.89. The molecule has 0 bridgehead atoms. The van der Waals surface area contributed by atoms with Crippen LogP contribution in [0.4, 0.5) is 5.69 Å². The molecule has 1 rings (SSSR count). The molecule has 0 radical (unpaired) electrons. The summed E-state index contributed by atoms with van der Waals surface area (Å²) in [5, 5.41) is 19.4. The second kappa shape index (κ2) is 6.55. The summed E-state index contributed by atoms with van der Waals surface area (Å²) in [5.74, 6) is -0.310. The maximum absolute atomic E-state index is 11.5. The summed E-state index contributed by atoms with van der Waals surface area (Å²) in [7, 11) is 1.52. The van der Waals surface area contributed by atoms with Crippen molar-refractivity contribution in [1.82, 2.24) is 4.90 Å². The molecule has 0 aliphatic heterocycles. The van der Waals surface area contributed by atoms with Crippen LogP contribution in [0.15, 0.2) is 24.3 Å². The molecular weight excluding hydrogens is 240 g/mol. The van der Waals surface area contributed by atoms with E-state index in [-0.39, 0.29) is 37.1 Å². The highest BCUT2D eigenvalue weighted by Crippen LogP contribution is 2.25. The molecule has 18 heavy (non-hydrogen) atoms. The Morgan fingerprint density at radius 3 is 2.78 bits per heavy atom. The summed E-state index contributed by atoms with van der Waals surface area (Å²) in [6.07, 6.45) is 0. The first-order valence-corrected chi connectivity index (χ1v) is 5.27. The highest BCUT2D eigenvalue weighted by atomic mass is 16.6. The Hall–Kier alpha value is -2.15. The number of nitro groups is 1. The van der Waals surface area contributed by atoms with E-state index in [2.05, 4.69) is 0 Å². The van der Waals surface area contributed by atoms with Crippen molar-refractivity contribution < 1.29 is 19.6 Å². The van der Waals surface area contributed by atoms with E-state index in [1.165, 1.54) is 30.1 Å². The van der Waals surface area contributed by atoms with Gasteiger partial charge in [0, 0.05) is 19.7 Å². The van der Waals surface area contributed by atoms with Crippen LogP contribution in [0.1, 0.15) is 0 Å². The fraction of sp³-hybridized carbons (Fsp3) is 0.364. The molecule has 0 fully saturated rings. The summed E-state index contributed by atoms with van der Waals surface area (Å²) in [6, 6.07) is 5.84. The summed E-state index contributed by atoms with van der Waals surface area (Å²) >= 11 is 0. The average Bonchev–Trinajstić information content (AvgIpc) is 2.36. The van der Waals surface area contributed by atoms with Crippen molar-refractivity contribution >= 4 is 11.6 Å². The van der Waals surface area contributed by atoms with E-state index in [4.69, 9.17) is 9.84 Å². The van der Waals surface area contributed by atoms with Gasteiger partial charge >= 0.3 is 5.69 Å². The molecule has 0 aromatic heterocycles. The van der Waals surface area contributed by atoms with E-state index >= 15 is 0 Å². The van der Waals surface area contributed by atoms with Crippen LogP contribution in [-0.4, -0.2) is 47.6 Å². The Morgan fingerprint density at radius 1 is 1.50 bits per heavy atom. The van der Waals surface area contributed by atoms with Gasteiger partial charge in [0.1, 0.15) is 0 Å². The summed E-state index contributed by atoms with van der Waals surface area (Å²) in [5.41, 5.74) is -0.185. The predicted octanol–water partition coefficient (Wildman–Crippen LogP) is 0.424. The Bertz CT molecular complexity index is 435. The third-order valence-electron chi connectivity index (χ3n) is 2.27. The first-order chi connectivity index (χ1) is 8.56. The maximum Gasteiger partial charge on any atom is 0.310 e. The lowest BCUT2D eigenvalue weighted by Crippen LogP contribution is -2.33. The first kappa shape index (κ1) is 13.9. The molecular formula is C11H14N2O5. The molecule has 0 heterocycles. The van der Waals surface area contributed by atoms with Crippen LogP contribution in [0.3, 0.4) is 0 Å². The standard InChI is InChI=1S/C11H14N2O5/c1-12(6-7-14)11(15)8-18-10-5-3-2-4-9(10)13(16)17/h2-5,14H,6-8H2,1H3. The lowest BCUT2D eigenvalue weighted by molar-refractivity contribution is -0.385. The van der Waals surface area contributed by atoms with Gasteiger partial charge in [0.05, 0.1) is 11.5 Å². The van der Waals surface area contributed by atoms with E-state index in [1.54, 1.807) is 6.07 Å². The number of benzene rings is 1. The van der Waals surface area contributed by atoms with Gasteiger partial charge in [-0.05, 0) is 6.07 Å². The quantitative estimate of drug-likeness (QED) is 0.586. The third-order valence-corrected chi connectivity index (χ3v) is 2.27. The van der Waals surface area contributed by atoms with E-state index in [1.807, 2.05) is 0 Å². The molecule has 7 heteroatoms.